The van der Waals surface area contributed by atoms with E-state index in [-0.39, 0.29) is 0 Å². The van der Waals surface area contributed by atoms with Gasteiger partial charge >= 0.3 is 0 Å². The second kappa shape index (κ2) is 10.2. The first-order chi connectivity index (χ1) is 12.2. The Balaban J connectivity index is 1.34. The van der Waals surface area contributed by atoms with Gasteiger partial charge in [0.2, 0.25) is 5.91 Å². The van der Waals surface area contributed by atoms with Crippen LogP contribution in [0.15, 0.2) is 5.38 Å². The van der Waals surface area contributed by atoms with Crippen LogP contribution in [0.2, 0.25) is 0 Å². The molecule has 1 atom stereocenters. The highest BCUT2D eigenvalue weighted by atomic mass is 33.1. The first kappa shape index (κ1) is 19.5. The zero-order chi connectivity index (χ0) is 17.5. The zero-order valence-corrected chi connectivity index (χ0v) is 17.6. The Morgan fingerprint density at radius 2 is 2.20 bits per heavy atom. The number of aromatic nitrogens is 1. The summed E-state index contributed by atoms with van der Waals surface area (Å²) in [4.78, 5) is 21.6. The van der Waals surface area contributed by atoms with Gasteiger partial charge in [-0.15, -0.1) is 11.3 Å². The molecular formula is C18H29N3OS3. The molecule has 0 radical (unpaired) electrons. The highest BCUT2D eigenvalue weighted by Gasteiger charge is 2.20. The van der Waals surface area contributed by atoms with E-state index in [4.69, 9.17) is 0 Å². The number of unbranched alkanes of at least 4 members (excludes halogenated alkanes) is 1. The van der Waals surface area contributed by atoms with Crippen LogP contribution < -0.4 is 0 Å². The molecule has 0 spiro atoms. The third-order valence-corrected chi connectivity index (χ3v) is 8.72. The molecule has 0 bridgehead atoms. The standard InChI is InChI=1S/C18H29N3OS3/c1-15-19-16(14-23-15)13-20-8-4-9-21(11-10-20)18(22)6-3-2-5-17-7-12-24-25-17/h14,17H,2-13H2,1H3. The number of thiazole rings is 1. The van der Waals surface area contributed by atoms with E-state index in [1.165, 1.54) is 30.7 Å². The summed E-state index contributed by atoms with van der Waals surface area (Å²) in [5, 5.41) is 4.13. The Bertz CT molecular complexity index is 545. The van der Waals surface area contributed by atoms with E-state index in [9.17, 15) is 4.79 Å². The van der Waals surface area contributed by atoms with Gasteiger partial charge in [0.15, 0.2) is 0 Å². The predicted molar refractivity (Wildman–Crippen MR) is 110 cm³/mol. The fraction of sp³-hybridized carbons (Fsp3) is 0.778. The molecule has 0 aliphatic carbocycles. The Morgan fingerprint density at radius 1 is 1.28 bits per heavy atom. The summed E-state index contributed by atoms with van der Waals surface area (Å²) in [5.41, 5.74) is 1.17. The number of hydrogen-bond acceptors (Lipinski definition) is 6. The lowest BCUT2D eigenvalue weighted by Crippen LogP contribution is -2.35. The molecule has 2 saturated heterocycles. The number of hydrogen-bond donors (Lipinski definition) is 0. The summed E-state index contributed by atoms with van der Waals surface area (Å²) in [6.07, 6.45) is 6.70. The van der Waals surface area contributed by atoms with Gasteiger partial charge in [0.25, 0.3) is 0 Å². The van der Waals surface area contributed by atoms with Crippen molar-refractivity contribution in [3.05, 3.63) is 16.1 Å². The summed E-state index contributed by atoms with van der Waals surface area (Å²) < 4.78 is 0. The molecule has 4 nitrogen and oxygen atoms in total. The van der Waals surface area contributed by atoms with Gasteiger partial charge in [-0.25, -0.2) is 4.98 Å². The van der Waals surface area contributed by atoms with Gasteiger partial charge in [-0.05, 0) is 32.6 Å². The minimum atomic E-state index is 0.361. The molecule has 0 aromatic carbocycles. The minimum Gasteiger partial charge on any atom is -0.341 e. The Kier molecular flexibility index (Phi) is 7.95. The van der Waals surface area contributed by atoms with Gasteiger partial charge < -0.3 is 4.90 Å². The fourth-order valence-electron chi connectivity index (χ4n) is 3.46. The van der Waals surface area contributed by atoms with E-state index in [1.807, 2.05) is 21.6 Å². The molecule has 1 aromatic heterocycles. The van der Waals surface area contributed by atoms with Crippen LogP contribution in [0.5, 0.6) is 0 Å². The van der Waals surface area contributed by atoms with E-state index in [0.29, 0.717) is 5.91 Å². The number of aryl methyl sites for hydroxylation is 1. The first-order valence-corrected chi connectivity index (χ1v) is 12.7. The lowest BCUT2D eigenvalue weighted by atomic mass is 10.1. The SMILES string of the molecule is Cc1nc(CN2CCCN(C(=O)CCCCC3CCSS3)CC2)cs1. The Labute approximate surface area is 163 Å². The van der Waals surface area contributed by atoms with Crippen LogP contribution in [0.4, 0.5) is 0 Å². The van der Waals surface area contributed by atoms with Crippen LogP contribution in [-0.4, -0.2) is 57.9 Å². The molecule has 3 heterocycles. The molecule has 0 saturated carbocycles. The smallest absolute Gasteiger partial charge is 0.222 e. The van der Waals surface area contributed by atoms with Crippen molar-refractivity contribution in [1.82, 2.24) is 14.8 Å². The summed E-state index contributed by atoms with van der Waals surface area (Å²) >= 11 is 1.72. The average molecular weight is 400 g/mol. The second-order valence-electron chi connectivity index (χ2n) is 6.94. The minimum absolute atomic E-state index is 0.361. The number of carbonyl (C=O) groups is 1. The largest absolute Gasteiger partial charge is 0.341 e. The molecular weight excluding hydrogens is 370 g/mol. The lowest BCUT2D eigenvalue weighted by Gasteiger charge is -2.21. The van der Waals surface area contributed by atoms with Crippen molar-refractivity contribution in [2.45, 2.75) is 57.2 Å². The maximum Gasteiger partial charge on any atom is 0.222 e. The Morgan fingerprint density at radius 3 is 2.96 bits per heavy atom. The van der Waals surface area contributed by atoms with Crippen molar-refractivity contribution in [2.24, 2.45) is 0 Å². The Hall–Kier alpha value is -0.240. The third kappa shape index (κ3) is 6.45. The summed E-state index contributed by atoms with van der Waals surface area (Å²) in [6.45, 7) is 6.80. The molecule has 3 rings (SSSR count). The number of amides is 1. The van der Waals surface area contributed by atoms with Crippen molar-refractivity contribution in [3.8, 4) is 0 Å². The summed E-state index contributed by atoms with van der Waals surface area (Å²) in [7, 11) is 4.05. The number of rotatable bonds is 7. The van der Waals surface area contributed by atoms with Gasteiger partial charge in [-0.1, -0.05) is 28.0 Å². The van der Waals surface area contributed by atoms with Crippen molar-refractivity contribution in [1.29, 1.82) is 0 Å². The van der Waals surface area contributed by atoms with Crippen molar-refractivity contribution in [3.63, 3.8) is 0 Å². The van der Waals surface area contributed by atoms with E-state index < -0.39 is 0 Å². The van der Waals surface area contributed by atoms with E-state index in [2.05, 4.69) is 27.1 Å². The average Bonchev–Trinajstić information content (AvgIpc) is 3.19. The first-order valence-electron chi connectivity index (χ1n) is 9.40. The lowest BCUT2D eigenvalue weighted by molar-refractivity contribution is -0.131. The maximum atomic E-state index is 12.5. The second-order valence-corrected chi connectivity index (χ2v) is 10.8. The normalized spacial score (nSPS) is 22.3. The van der Waals surface area contributed by atoms with Crippen LogP contribution in [0, 0.1) is 6.92 Å². The van der Waals surface area contributed by atoms with Crippen molar-refractivity contribution in [2.75, 3.05) is 31.9 Å². The van der Waals surface area contributed by atoms with Gasteiger partial charge in [-0.2, -0.15) is 0 Å². The third-order valence-electron chi connectivity index (χ3n) is 4.89. The molecule has 1 unspecified atom stereocenters. The summed E-state index contributed by atoms with van der Waals surface area (Å²) in [6, 6.07) is 0. The van der Waals surface area contributed by atoms with E-state index >= 15 is 0 Å². The predicted octanol–water partition coefficient (Wildman–Crippen LogP) is 4.20. The van der Waals surface area contributed by atoms with Crippen LogP contribution in [0.25, 0.3) is 0 Å². The van der Waals surface area contributed by atoms with Gasteiger partial charge in [0, 0.05) is 55.5 Å². The maximum absolute atomic E-state index is 12.5. The van der Waals surface area contributed by atoms with Crippen LogP contribution in [0.3, 0.4) is 0 Å². The van der Waals surface area contributed by atoms with Crippen LogP contribution in [-0.2, 0) is 11.3 Å². The van der Waals surface area contributed by atoms with Crippen LogP contribution >= 0.6 is 32.9 Å². The van der Waals surface area contributed by atoms with E-state index in [1.54, 1.807) is 11.3 Å². The highest BCUT2D eigenvalue weighted by molar-refractivity contribution is 8.77. The van der Waals surface area contributed by atoms with Crippen molar-refractivity contribution >= 4 is 38.8 Å². The van der Waals surface area contributed by atoms with Crippen LogP contribution in [0.1, 0.15) is 49.2 Å². The quantitative estimate of drug-likeness (QED) is 0.507. The molecule has 2 aliphatic rings. The van der Waals surface area contributed by atoms with Gasteiger partial charge in [0.1, 0.15) is 0 Å². The zero-order valence-electron chi connectivity index (χ0n) is 15.1. The van der Waals surface area contributed by atoms with E-state index in [0.717, 1.165) is 62.2 Å². The number of nitrogens with zero attached hydrogens (tertiary/aromatic N) is 3. The molecule has 1 amide bonds. The molecule has 2 fully saturated rings. The fourth-order valence-corrected chi connectivity index (χ4v) is 7.09. The number of carbonyl (C=O) groups excluding carboxylic acids is 1. The summed E-state index contributed by atoms with van der Waals surface area (Å²) in [5.74, 6) is 1.67. The molecule has 140 valence electrons. The molecule has 25 heavy (non-hydrogen) atoms. The molecule has 2 aliphatic heterocycles. The molecule has 1 aromatic rings. The topological polar surface area (TPSA) is 36.4 Å². The highest BCUT2D eigenvalue weighted by Crippen LogP contribution is 2.39. The van der Waals surface area contributed by atoms with Gasteiger partial charge in [0.05, 0.1) is 10.7 Å². The monoisotopic (exact) mass is 399 g/mol. The molecule has 7 heteroatoms. The van der Waals surface area contributed by atoms with Crippen molar-refractivity contribution < 1.29 is 4.79 Å². The van der Waals surface area contributed by atoms with Gasteiger partial charge in [-0.3, -0.25) is 9.69 Å². The molecule has 0 N–H and O–H groups in total.